The first kappa shape index (κ1) is 31.1. The Morgan fingerprint density at radius 1 is 1.02 bits per heavy atom. The molecule has 17 heteroatoms. The second-order valence-corrected chi connectivity index (χ2v) is 9.85. The summed E-state index contributed by atoms with van der Waals surface area (Å²) in [5.41, 5.74) is -5.52. The molecule has 3 aromatic rings. The number of benzene rings is 1. The highest BCUT2D eigenvalue weighted by Crippen LogP contribution is 2.39. The molecule has 1 saturated heterocycles. The van der Waals surface area contributed by atoms with Crippen molar-refractivity contribution in [1.29, 1.82) is 0 Å². The van der Waals surface area contributed by atoms with Gasteiger partial charge in [-0.3, -0.25) is 14.2 Å². The summed E-state index contributed by atoms with van der Waals surface area (Å²) in [4.78, 5) is 31.2. The fourth-order valence-electron chi connectivity index (χ4n) is 4.58. The SMILES string of the molecule is CCC(NC(=O)c1cn(-c2c(F)cc(F)cc2F)c2nc(N3CC(CO)(CO)C3)c(F)cc2c1=O)C(F)(F)C(F)(F)F. The summed E-state index contributed by atoms with van der Waals surface area (Å²) in [5.74, 6) is -13.6. The van der Waals surface area contributed by atoms with E-state index < -0.39 is 106 Å². The van der Waals surface area contributed by atoms with Crippen LogP contribution in [-0.4, -0.2) is 70.1 Å². The number of carbonyl (C=O) groups is 1. The number of halogens is 9. The molecule has 4 rings (SSSR count). The Morgan fingerprint density at radius 3 is 2.10 bits per heavy atom. The number of anilines is 1. The number of nitrogens with one attached hydrogen (secondary N) is 1. The fraction of sp³-hybridized carbons (Fsp3) is 0.400. The van der Waals surface area contributed by atoms with Gasteiger partial charge in [-0.25, -0.2) is 22.5 Å². The Kier molecular flexibility index (Phi) is 7.96. The van der Waals surface area contributed by atoms with Crippen LogP contribution in [0, 0.1) is 28.7 Å². The largest absolute Gasteiger partial charge is 0.455 e. The van der Waals surface area contributed by atoms with Gasteiger partial charge in [0.15, 0.2) is 28.9 Å². The number of pyridine rings is 2. The second-order valence-electron chi connectivity index (χ2n) is 9.85. The van der Waals surface area contributed by atoms with E-state index in [0.29, 0.717) is 16.8 Å². The maximum absolute atomic E-state index is 15.2. The second kappa shape index (κ2) is 10.8. The van der Waals surface area contributed by atoms with Crippen molar-refractivity contribution in [1.82, 2.24) is 14.9 Å². The third-order valence-corrected chi connectivity index (χ3v) is 6.93. The number of carbonyl (C=O) groups excluding carboxylic acids is 1. The Bertz CT molecular complexity index is 1570. The van der Waals surface area contributed by atoms with Gasteiger partial charge in [-0.05, 0) is 12.5 Å². The number of rotatable bonds is 8. The molecule has 3 heterocycles. The topological polar surface area (TPSA) is 108 Å². The Balaban J connectivity index is 1.93. The molecule has 3 N–H and O–H groups in total. The lowest BCUT2D eigenvalue weighted by Gasteiger charge is -2.48. The third kappa shape index (κ3) is 5.14. The lowest BCUT2D eigenvalue weighted by Crippen LogP contribution is -2.61. The predicted octanol–water partition coefficient (Wildman–Crippen LogP) is 3.44. The van der Waals surface area contributed by atoms with Gasteiger partial charge in [0, 0.05) is 31.4 Å². The van der Waals surface area contributed by atoms with Crippen LogP contribution >= 0.6 is 0 Å². The minimum atomic E-state index is -6.09. The summed E-state index contributed by atoms with van der Waals surface area (Å²) >= 11 is 0. The number of nitrogens with zero attached hydrogens (tertiary/aromatic N) is 3. The van der Waals surface area contributed by atoms with Gasteiger partial charge in [-0.1, -0.05) is 6.92 Å². The number of hydrogen-bond acceptors (Lipinski definition) is 6. The summed E-state index contributed by atoms with van der Waals surface area (Å²) < 4.78 is 126. The fourth-order valence-corrected chi connectivity index (χ4v) is 4.58. The maximum atomic E-state index is 15.2. The van der Waals surface area contributed by atoms with Gasteiger partial charge < -0.3 is 20.4 Å². The van der Waals surface area contributed by atoms with E-state index in [1.165, 1.54) is 10.2 Å². The number of fused-ring (bicyclic) bond motifs is 1. The highest BCUT2D eigenvalue weighted by atomic mass is 19.4. The van der Waals surface area contributed by atoms with E-state index in [2.05, 4.69) is 4.98 Å². The van der Waals surface area contributed by atoms with Crippen LogP contribution in [0.1, 0.15) is 23.7 Å². The van der Waals surface area contributed by atoms with Gasteiger partial charge in [-0.2, -0.15) is 22.0 Å². The summed E-state index contributed by atoms with van der Waals surface area (Å²) in [5, 5.41) is 19.6. The van der Waals surface area contributed by atoms with Crippen molar-refractivity contribution >= 4 is 22.8 Å². The van der Waals surface area contributed by atoms with Crippen LogP contribution in [-0.2, 0) is 0 Å². The van der Waals surface area contributed by atoms with Crippen molar-refractivity contribution in [2.24, 2.45) is 5.41 Å². The molecule has 1 amide bonds. The van der Waals surface area contributed by atoms with Crippen LogP contribution in [0.4, 0.5) is 45.3 Å². The molecule has 0 saturated carbocycles. The predicted molar refractivity (Wildman–Crippen MR) is 129 cm³/mol. The monoisotopic (exact) mass is 612 g/mol. The van der Waals surface area contributed by atoms with E-state index in [1.807, 2.05) is 0 Å². The summed E-state index contributed by atoms with van der Waals surface area (Å²) in [6.07, 6.45) is -6.65. The summed E-state index contributed by atoms with van der Waals surface area (Å²) in [6.45, 7) is -0.352. The van der Waals surface area contributed by atoms with E-state index in [-0.39, 0.29) is 25.2 Å². The molecule has 1 aromatic carbocycles. The van der Waals surface area contributed by atoms with Crippen molar-refractivity contribution in [3.63, 3.8) is 0 Å². The van der Waals surface area contributed by atoms with Crippen LogP contribution in [0.2, 0.25) is 0 Å². The molecule has 2 aromatic heterocycles. The molecule has 1 atom stereocenters. The van der Waals surface area contributed by atoms with Gasteiger partial charge in [0.2, 0.25) is 5.43 Å². The number of aliphatic hydroxyl groups is 2. The smallest absolute Gasteiger partial charge is 0.396 e. The summed E-state index contributed by atoms with van der Waals surface area (Å²) in [7, 11) is 0. The number of amides is 1. The zero-order valence-corrected chi connectivity index (χ0v) is 21.4. The molecule has 0 aliphatic carbocycles. The van der Waals surface area contributed by atoms with E-state index in [9.17, 15) is 54.9 Å². The molecule has 42 heavy (non-hydrogen) atoms. The van der Waals surface area contributed by atoms with Gasteiger partial charge in [0.05, 0.1) is 24.0 Å². The number of hydrogen-bond donors (Lipinski definition) is 3. The Hall–Kier alpha value is -3.86. The van der Waals surface area contributed by atoms with E-state index in [4.69, 9.17) is 0 Å². The van der Waals surface area contributed by atoms with Crippen LogP contribution < -0.4 is 15.6 Å². The van der Waals surface area contributed by atoms with Crippen LogP contribution in [0.25, 0.3) is 16.7 Å². The number of alkyl halides is 5. The van der Waals surface area contributed by atoms with Gasteiger partial charge >= 0.3 is 12.1 Å². The first-order valence-corrected chi connectivity index (χ1v) is 12.1. The van der Waals surface area contributed by atoms with Crippen LogP contribution in [0.15, 0.2) is 29.2 Å². The molecule has 1 unspecified atom stereocenters. The highest BCUT2D eigenvalue weighted by Gasteiger charge is 2.62. The maximum Gasteiger partial charge on any atom is 0.455 e. The number of aromatic nitrogens is 2. The van der Waals surface area contributed by atoms with E-state index >= 15 is 4.39 Å². The van der Waals surface area contributed by atoms with E-state index in [0.717, 1.165) is 6.92 Å². The third-order valence-electron chi connectivity index (χ3n) is 6.93. The lowest BCUT2D eigenvalue weighted by molar-refractivity contribution is -0.292. The minimum Gasteiger partial charge on any atom is -0.396 e. The van der Waals surface area contributed by atoms with E-state index in [1.54, 1.807) is 0 Å². The molecule has 8 nitrogen and oxygen atoms in total. The highest BCUT2D eigenvalue weighted by molar-refractivity contribution is 5.97. The van der Waals surface area contributed by atoms with Crippen molar-refractivity contribution in [2.45, 2.75) is 31.5 Å². The molecular weight excluding hydrogens is 591 g/mol. The zero-order valence-electron chi connectivity index (χ0n) is 21.4. The zero-order chi connectivity index (χ0) is 31.4. The van der Waals surface area contributed by atoms with Gasteiger partial charge in [0.1, 0.15) is 23.1 Å². The Morgan fingerprint density at radius 2 is 1.60 bits per heavy atom. The van der Waals surface area contributed by atoms with Crippen molar-refractivity contribution in [3.05, 3.63) is 63.5 Å². The van der Waals surface area contributed by atoms with Crippen LogP contribution in [0.3, 0.4) is 0 Å². The molecule has 228 valence electrons. The van der Waals surface area contributed by atoms with Gasteiger partial charge in [-0.15, -0.1) is 0 Å². The molecule has 1 aliphatic heterocycles. The van der Waals surface area contributed by atoms with Crippen LogP contribution in [0.5, 0.6) is 0 Å². The Labute approximate surface area is 230 Å². The minimum absolute atomic E-state index is 0.134. The first-order chi connectivity index (χ1) is 19.5. The average molecular weight is 612 g/mol. The molecule has 0 spiro atoms. The normalized spacial score (nSPS) is 16.0. The van der Waals surface area contributed by atoms with Crippen molar-refractivity contribution < 1.29 is 54.5 Å². The lowest BCUT2D eigenvalue weighted by atomic mass is 9.81. The van der Waals surface area contributed by atoms with Crippen molar-refractivity contribution in [3.8, 4) is 5.69 Å². The number of aliphatic hydroxyl groups excluding tert-OH is 2. The summed E-state index contributed by atoms with van der Waals surface area (Å²) in [6, 6.07) is -1.92. The molecule has 0 radical (unpaired) electrons. The molecule has 1 fully saturated rings. The first-order valence-electron chi connectivity index (χ1n) is 12.1. The standard InChI is InChI=1S/C25H21F9N4O4/c1-2-17(24(30,31)25(32,33)34)35-22(42)13-6-38(18-14(27)3-11(26)4-15(18)28)20-12(19(13)41)5-16(29)21(36-20)37-7-23(8-37,9-39)10-40/h3-6,17,39-40H,2,7-10H2,1H3,(H,35,42). The molecular formula is C25H21F9N4O4. The van der Waals surface area contributed by atoms with Gasteiger partial charge in [0.25, 0.3) is 5.91 Å². The molecule has 0 bridgehead atoms. The molecule has 1 aliphatic rings. The average Bonchev–Trinajstić information content (AvgIpc) is 2.87. The van der Waals surface area contributed by atoms with Crippen molar-refractivity contribution in [2.75, 3.05) is 31.2 Å². The quantitative estimate of drug-likeness (QED) is 0.337.